The summed E-state index contributed by atoms with van der Waals surface area (Å²) in [5, 5.41) is 3.26. The molecule has 1 aromatic carbocycles. The summed E-state index contributed by atoms with van der Waals surface area (Å²) in [5.74, 6) is 1.43. The van der Waals surface area contributed by atoms with E-state index in [0.717, 1.165) is 57.9 Å². The van der Waals surface area contributed by atoms with Crippen LogP contribution >= 0.6 is 0 Å². The number of nitrogen functional groups attached to an aromatic ring is 1. The highest BCUT2D eigenvalue weighted by atomic mass is 16.5. The van der Waals surface area contributed by atoms with E-state index in [9.17, 15) is 0 Å². The quantitative estimate of drug-likeness (QED) is 0.566. The second-order valence-electron chi connectivity index (χ2n) is 6.93. The first kappa shape index (κ1) is 21.3. The Bertz CT molecular complexity index is 897. The fraction of sp³-hybridized carbons (Fsp3) is 0.292. The van der Waals surface area contributed by atoms with E-state index in [-0.39, 0.29) is 0 Å². The third-order valence-electron chi connectivity index (χ3n) is 4.37. The van der Waals surface area contributed by atoms with Crippen LogP contribution in [0.2, 0.25) is 0 Å². The second kappa shape index (κ2) is 9.79. The van der Waals surface area contributed by atoms with Gasteiger partial charge in [0.25, 0.3) is 0 Å². The fourth-order valence-corrected chi connectivity index (χ4v) is 2.89. The molecule has 0 bridgehead atoms. The number of pyridine rings is 1. The minimum atomic E-state index is 0.579. The van der Waals surface area contributed by atoms with Crippen molar-refractivity contribution < 1.29 is 4.74 Å². The van der Waals surface area contributed by atoms with Crippen molar-refractivity contribution in [1.82, 2.24) is 10.3 Å². The molecule has 0 aliphatic heterocycles. The smallest absolute Gasteiger partial charge is 0.127 e. The molecule has 0 saturated heterocycles. The molecule has 0 fully saturated rings. The number of ether oxygens (including phenoxy) is 1. The molecule has 4 heteroatoms. The van der Waals surface area contributed by atoms with E-state index in [1.807, 2.05) is 44.2 Å². The molecule has 0 spiro atoms. The van der Waals surface area contributed by atoms with E-state index < -0.39 is 0 Å². The summed E-state index contributed by atoms with van der Waals surface area (Å²) in [4.78, 5) is 4.49. The van der Waals surface area contributed by atoms with E-state index in [1.54, 1.807) is 0 Å². The number of benzene rings is 1. The van der Waals surface area contributed by atoms with Crippen LogP contribution in [-0.4, -0.2) is 11.6 Å². The van der Waals surface area contributed by atoms with Gasteiger partial charge in [-0.1, -0.05) is 33.1 Å². The van der Waals surface area contributed by atoms with Crippen molar-refractivity contribution >= 4 is 17.1 Å². The molecule has 3 N–H and O–H groups in total. The molecule has 1 aromatic heterocycles. The largest absolute Gasteiger partial charge is 0.494 e. The number of nitrogens with one attached hydrogen (secondary N) is 1. The topological polar surface area (TPSA) is 60.2 Å². The standard InChI is InChI=1S/C24H31N3O/c1-7-11-28-22-13-16(3)12-21(15-22)19(6)26-18(5)14-17(4)23-10-9-20(8-2)24(25)27-23/h9-10,12-15,26H,5-8,11H2,1-4H3,(H2,25,27)/b17-14+. The SMILES string of the molecule is C=C(/C=C(\C)c1ccc(CC)c(N)n1)NC(=C)c1cc(C)cc(OCCC)c1. The summed E-state index contributed by atoms with van der Waals surface area (Å²) in [7, 11) is 0. The van der Waals surface area contributed by atoms with Gasteiger partial charge in [-0.2, -0.15) is 0 Å². The van der Waals surface area contributed by atoms with Gasteiger partial charge in [0.05, 0.1) is 12.3 Å². The molecule has 0 saturated carbocycles. The van der Waals surface area contributed by atoms with Crippen molar-refractivity contribution in [1.29, 1.82) is 0 Å². The first-order chi connectivity index (χ1) is 13.3. The number of allylic oxidation sites excluding steroid dienone is 2. The van der Waals surface area contributed by atoms with Crippen molar-refractivity contribution in [2.24, 2.45) is 0 Å². The number of aromatic nitrogens is 1. The molecular formula is C24H31N3O. The first-order valence-corrected chi connectivity index (χ1v) is 9.67. The highest BCUT2D eigenvalue weighted by Gasteiger charge is 2.06. The third kappa shape index (κ3) is 5.74. The van der Waals surface area contributed by atoms with Gasteiger partial charge in [0.15, 0.2) is 0 Å². The molecule has 1 heterocycles. The first-order valence-electron chi connectivity index (χ1n) is 9.67. The van der Waals surface area contributed by atoms with E-state index in [0.29, 0.717) is 12.4 Å². The number of nitrogens with two attached hydrogens (primary N) is 1. The number of aryl methyl sites for hydroxylation is 2. The molecular weight excluding hydrogens is 346 g/mol. The monoisotopic (exact) mass is 377 g/mol. The average molecular weight is 378 g/mol. The van der Waals surface area contributed by atoms with Crippen LogP contribution in [-0.2, 0) is 6.42 Å². The summed E-state index contributed by atoms with van der Waals surface area (Å²) in [6, 6.07) is 10.1. The normalized spacial score (nSPS) is 11.2. The Hall–Kier alpha value is -3.01. The van der Waals surface area contributed by atoms with Crippen LogP contribution in [0.25, 0.3) is 11.3 Å². The van der Waals surface area contributed by atoms with Crippen LogP contribution in [0.3, 0.4) is 0 Å². The van der Waals surface area contributed by atoms with Crippen molar-refractivity contribution in [3.05, 3.63) is 77.6 Å². The third-order valence-corrected chi connectivity index (χ3v) is 4.37. The molecule has 148 valence electrons. The van der Waals surface area contributed by atoms with E-state index >= 15 is 0 Å². The highest BCUT2D eigenvalue weighted by Crippen LogP contribution is 2.22. The van der Waals surface area contributed by atoms with Crippen molar-refractivity contribution in [2.45, 2.75) is 40.5 Å². The van der Waals surface area contributed by atoms with E-state index in [2.05, 4.69) is 43.4 Å². The van der Waals surface area contributed by atoms with Gasteiger partial charge in [0.2, 0.25) is 0 Å². The molecule has 0 amide bonds. The van der Waals surface area contributed by atoms with Gasteiger partial charge in [-0.25, -0.2) is 4.98 Å². The van der Waals surface area contributed by atoms with Gasteiger partial charge in [0.1, 0.15) is 11.6 Å². The fourth-order valence-electron chi connectivity index (χ4n) is 2.89. The molecule has 4 nitrogen and oxygen atoms in total. The number of hydrogen-bond donors (Lipinski definition) is 2. The van der Waals surface area contributed by atoms with Crippen molar-refractivity contribution in [3.63, 3.8) is 0 Å². The lowest BCUT2D eigenvalue weighted by atomic mass is 10.1. The minimum absolute atomic E-state index is 0.579. The molecule has 0 atom stereocenters. The molecule has 0 aliphatic rings. The summed E-state index contributed by atoms with van der Waals surface area (Å²) in [5.41, 5.74) is 12.5. The maximum absolute atomic E-state index is 6.02. The highest BCUT2D eigenvalue weighted by molar-refractivity contribution is 5.69. The van der Waals surface area contributed by atoms with Gasteiger partial charge in [-0.3, -0.25) is 0 Å². The van der Waals surface area contributed by atoms with Crippen LogP contribution in [0.5, 0.6) is 5.75 Å². The Balaban J connectivity index is 2.11. The molecule has 0 radical (unpaired) electrons. The number of rotatable bonds is 9. The molecule has 0 unspecified atom stereocenters. The zero-order valence-electron chi connectivity index (χ0n) is 17.4. The molecule has 2 rings (SSSR count). The maximum Gasteiger partial charge on any atom is 0.127 e. The lowest BCUT2D eigenvalue weighted by molar-refractivity contribution is 0.317. The average Bonchev–Trinajstić information content (AvgIpc) is 2.65. The van der Waals surface area contributed by atoms with Gasteiger partial charge in [0, 0.05) is 17.0 Å². The molecule has 2 aromatic rings. The zero-order chi connectivity index (χ0) is 20.7. The minimum Gasteiger partial charge on any atom is -0.494 e. The Kier molecular flexibility index (Phi) is 7.44. The number of nitrogens with zero attached hydrogens (tertiary/aromatic N) is 1. The van der Waals surface area contributed by atoms with Crippen LogP contribution in [0.1, 0.15) is 49.6 Å². The number of hydrogen-bond acceptors (Lipinski definition) is 4. The van der Waals surface area contributed by atoms with Crippen molar-refractivity contribution in [3.8, 4) is 5.75 Å². The van der Waals surface area contributed by atoms with Crippen LogP contribution in [0.15, 0.2) is 55.3 Å². The summed E-state index contributed by atoms with van der Waals surface area (Å²) >= 11 is 0. The molecule has 28 heavy (non-hydrogen) atoms. The Labute approximate surface area is 168 Å². The Morgan fingerprint density at radius 2 is 1.96 bits per heavy atom. The Morgan fingerprint density at radius 3 is 2.61 bits per heavy atom. The summed E-state index contributed by atoms with van der Waals surface area (Å²) < 4.78 is 5.76. The summed E-state index contributed by atoms with van der Waals surface area (Å²) in [6.07, 6.45) is 3.79. The van der Waals surface area contributed by atoms with Crippen molar-refractivity contribution in [2.75, 3.05) is 12.3 Å². The van der Waals surface area contributed by atoms with Gasteiger partial charge >= 0.3 is 0 Å². The predicted octanol–water partition coefficient (Wildman–Crippen LogP) is 5.50. The Morgan fingerprint density at radius 1 is 1.21 bits per heavy atom. The lowest BCUT2D eigenvalue weighted by Crippen LogP contribution is -2.09. The van der Waals surface area contributed by atoms with E-state index in [1.165, 1.54) is 0 Å². The van der Waals surface area contributed by atoms with Crippen LogP contribution in [0, 0.1) is 6.92 Å². The maximum atomic E-state index is 6.02. The zero-order valence-corrected chi connectivity index (χ0v) is 17.4. The summed E-state index contributed by atoms with van der Waals surface area (Å²) in [6.45, 7) is 17.1. The molecule has 0 aliphatic carbocycles. The van der Waals surface area contributed by atoms with Crippen LogP contribution in [0.4, 0.5) is 5.82 Å². The number of anilines is 1. The lowest BCUT2D eigenvalue weighted by Gasteiger charge is -2.14. The van der Waals surface area contributed by atoms with Gasteiger partial charge in [-0.05, 0) is 73.7 Å². The second-order valence-corrected chi connectivity index (χ2v) is 6.93. The van der Waals surface area contributed by atoms with E-state index in [4.69, 9.17) is 10.5 Å². The predicted molar refractivity (Wildman–Crippen MR) is 120 cm³/mol. The van der Waals surface area contributed by atoms with Gasteiger partial charge < -0.3 is 15.8 Å². The van der Waals surface area contributed by atoms with Gasteiger partial charge in [-0.15, -0.1) is 0 Å². The van der Waals surface area contributed by atoms with Crippen LogP contribution < -0.4 is 15.8 Å².